The minimum absolute atomic E-state index is 0.0920. The van der Waals surface area contributed by atoms with Gasteiger partial charge < -0.3 is 0 Å². The van der Waals surface area contributed by atoms with Crippen molar-refractivity contribution in [2.75, 3.05) is 4.90 Å². The average Bonchev–Trinajstić information content (AvgIpc) is 2.61. The van der Waals surface area contributed by atoms with Gasteiger partial charge in [0, 0.05) is 5.69 Å². The third kappa shape index (κ3) is 1.94. The number of fused-ring (bicyclic) bond motifs is 1. The first-order chi connectivity index (χ1) is 9.08. The maximum atomic E-state index is 12.3. The smallest absolute Gasteiger partial charge is 0.240 e. The van der Waals surface area contributed by atoms with Crippen molar-refractivity contribution in [3.05, 3.63) is 29.1 Å². The molecule has 1 aromatic heterocycles. The molecule has 19 heavy (non-hydrogen) atoms. The molecule has 1 aromatic rings. The minimum Gasteiger partial charge on any atom is -0.274 e. The molecule has 1 aliphatic carbocycles. The first-order valence-corrected chi connectivity index (χ1v) is 6.49. The van der Waals surface area contributed by atoms with E-state index in [-0.39, 0.29) is 34.8 Å². The molecule has 1 saturated heterocycles. The molecule has 1 aliphatic heterocycles. The van der Waals surface area contributed by atoms with E-state index in [0.29, 0.717) is 18.5 Å². The monoisotopic (exact) mass is 277 g/mol. The highest BCUT2D eigenvalue weighted by Gasteiger charge is 2.49. The van der Waals surface area contributed by atoms with Crippen LogP contribution in [0.25, 0.3) is 0 Å². The van der Waals surface area contributed by atoms with Crippen LogP contribution in [0.1, 0.15) is 18.5 Å². The summed E-state index contributed by atoms with van der Waals surface area (Å²) in [7, 11) is 0. The van der Waals surface area contributed by atoms with E-state index >= 15 is 0 Å². The largest absolute Gasteiger partial charge is 0.274 e. The molecule has 98 valence electrons. The lowest BCUT2D eigenvalue weighted by atomic mass is 9.85. The van der Waals surface area contributed by atoms with Gasteiger partial charge in [-0.1, -0.05) is 23.8 Å². The predicted molar refractivity (Wildman–Crippen MR) is 69.6 cm³/mol. The number of hydrogen-bond donors (Lipinski definition) is 0. The second-order valence-electron chi connectivity index (χ2n) is 4.80. The van der Waals surface area contributed by atoms with E-state index < -0.39 is 0 Å². The molecule has 0 radical (unpaired) electrons. The van der Waals surface area contributed by atoms with E-state index in [2.05, 4.69) is 9.97 Å². The molecule has 3 rings (SSSR count). The Hall–Kier alpha value is -1.75. The van der Waals surface area contributed by atoms with Gasteiger partial charge in [0.25, 0.3) is 0 Å². The standard InChI is InChI=1S/C13H12ClN3O2/c1-7-6-10(14)16-13(15-7)17-11(18)8-4-2-3-5-9(8)12(17)19/h2-3,6,8-9H,4-5H2,1H3. The molecule has 5 nitrogen and oxygen atoms in total. The molecule has 0 aromatic carbocycles. The van der Waals surface area contributed by atoms with Gasteiger partial charge in [0.1, 0.15) is 5.15 Å². The summed E-state index contributed by atoms with van der Waals surface area (Å²) < 4.78 is 0. The molecule has 6 heteroatoms. The molecule has 2 atom stereocenters. The number of amides is 2. The predicted octanol–water partition coefficient (Wildman–Crippen LogP) is 1.89. The van der Waals surface area contributed by atoms with Gasteiger partial charge in [0.15, 0.2) is 0 Å². The van der Waals surface area contributed by atoms with Gasteiger partial charge >= 0.3 is 0 Å². The van der Waals surface area contributed by atoms with E-state index in [1.54, 1.807) is 13.0 Å². The van der Waals surface area contributed by atoms with Gasteiger partial charge in [-0.25, -0.2) is 14.9 Å². The summed E-state index contributed by atoms with van der Waals surface area (Å²) in [6.07, 6.45) is 5.09. The van der Waals surface area contributed by atoms with Gasteiger partial charge in [-0.2, -0.15) is 0 Å². The van der Waals surface area contributed by atoms with Gasteiger partial charge in [0.2, 0.25) is 17.8 Å². The lowest BCUT2D eigenvalue weighted by Crippen LogP contribution is -2.32. The third-order valence-corrected chi connectivity index (χ3v) is 3.71. The van der Waals surface area contributed by atoms with E-state index in [1.165, 1.54) is 0 Å². The Balaban J connectivity index is 2.01. The van der Waals surface area contributed by atoms with Crippen LogP contribution in [0.2, 0.25) is 5.15 Å². The first kappa shape index (κ1) is 12.3. The number of carbonyl (C=O) groups is 2. The van der Waals surface area contributed by atoms with E-state index in [9.17, 15) is 9.59 Å². The van der Waals surface area contributed by atoms with Gasteiger partial charge in [-0.05, 0) is 25.8 Å². The lowest BCUT2D eigenvalue weighted by Gasteiger charge is -2.14. The number of imide groups is 1. The van der Waals surface area contributed by atoms with Crippen LogP contribution in [0.15, 0.2) is 18.2 Å². The summed E-state index contributed by atoms with van der Waals surface area (Å²) in [5.41, 5.74) is 0.628. The summed E-state index contributed by atoms with van der Waals surface area (Å²) in [5.74, 6) is -0.905. The van der Waals surface area contributed by atoms with E-state index in [0.717, 1.165) is 4.90 Å². The molecule has 0 N–H and O–H groups in total. The fraction of sp³-hybridized carbons (Fsp3) is 0.385. The Kier molecular flexibility index (Phi) is 2.86. The highest BCUT2D eigenvalue weighted by molar-refractivity contribution is 6.29. The fourth-order valence-corrected chi connectivity index (χ4v) is 2.85. The second-order valence-corrected chi connectivity index (χ2v) is 5.19. The number of halogens is 1. The number of aromatic nitrogens is 2. The normalized spacial score (nSPS) is 25.9. The van der Waals surface area contributed by atoms with E-state index in [4.69, 9.17) is 11.6 Å². The van der Waals surface area contributed by atoms with Crippen molar-refractivity contribution in [2.45, 2.75) is 19.8 Å². The van der Waals surface area contributed by atoms with Crippen LogP contribution in [-0.4, -0.2) is 21.8 Å². The number of carbonyl (C=O) groups excluding carboxylic acids is 2. The Morgan fingerprint density at radius 1 is 1.16 bits per heavy atom. The zero-order chi connectivity index (χ0) is 13.6. The number of hydrogen-bond acceptors (Lipinski definition) is 4. The maximum absolute atomic E-state index is 12.3. The summed E-state index contributed by atoms with van der Waals surface area (Å²) >= 11 is 5.86. The van der Waals surface area contributed by atoms with Crippen molar-refractivity contribution < 1.29 is 9.59 Å². The first-order valence-electron chi connectivity index (χ1n) is 6.12. The Morgan fingerprint density at radius 2 is 1.74 bits per heavy atom. The number of anilines is 1. The van der Waals surface area contributed by atoms with Crippen LogP contribution >= 0.6 is 11.6 Å². The lowest BCUT2D eigenvalue weighted by molar-refractivity contribution is -0.122. The molecule has 0 saturated carbocycles. The summed E-state index contributed by atoms with van der Waals surface area (Å²) in [5, 5.41) is 0.232. The number of aryl methyl sites for hydroxylation is 1. The van der Waals surface area contributed by atoms with E-state index in [1.807, 2.05) is 12.2 Å². The quantitative estimate of drug-likeness (QED) is 0.447. The van der Waals surface area contributed by atoms with Crippen LogP contribution in [0.5, 0.6) is 0 Å². The highest BCUT2D eigenvalue weighted by Crippen LogP contribution is 2.36. The summed E-state index contributed by atoms with van der Waals surface area (Å²) in [6, 6.07) is 1.59. The van der Waals surface area contributed by atoms with Crippen molar-refractivity contribution in [1.82, 2.24) is 9.97 Å². The molecule has 2 heterocycles. The van der Waals surface area contributed by atoms with Crippen LogP contribution < -0.4 is 4.90 Å². The average molecular weight is 278 g/mol. The summed E-state index contributed by atoms with van der Waals surface area (Å²) in [6.45, 7) is 1.75. The molecule has 1 fully saturated rings. The topological polar surface area (TPSA) is 63.2 Å². The Morgan fingerprint density at radius 3 is 2.26 bits per heavy atom. The SMILES string of the molecule is Cc1cc(Cl)nc(N2C(=O)C3CC=CCC3C2=O)n1. The van der Waals surface area contributed by atoms with Crippen molar-refractivity contribution in [3.8, 4) is 0 Å². The van der Waals surface area contributed by atoms with Gasteiger partial charge in [0.05, 0.1) is 11.8 Å². The molecule has 0 spiro atoms. The van der Waals surface area contributed by atoms with Crippen LogP contribution in [-0.2, 0) is 9.59 Å². The zero-order valence-electron chi connectivity index (χ0n) is 10.3. The molecule has 2 unspecified atom stereocenters. The van der Waals surface area contributed by atoms with Crippen molar-refractivity contribution >= 4 is 29.4 Å². The molecule has 2 aliphatic rings. The Labute approximate surface area is 115 Å². The molecule has 0 bridgehead atoms. The number of allylic oxidation sites excluding steroid dienone is 2. The molecule has 2 amide bonds. The Bertz CT molecular complexity index is 553. The van der Waals surface area contributed by atoms with Crippen molar-refractivity contribution in [1.29, 1.82) is 0 Å². The van der Waals surface area contributed by atoms with Gasteiger partial charge in [-0.15, -0.1) is 0 Å². The second kappa shape index (κ2) is 4.42. The minimum atomic E-state index is -0.277. The van der Waals surface area contributed by atoms with Crippen molar-refractivity contribution in [2.24, 2.45) is 11.8 Å². The third-order valence-electron chi connectivity index (χ3n) is 3.52. The maximum Gasteiger partial charge on any atom is 0.240 e. The number of nitrogens with zero attached hydrogens (tertiary/aromatic N) is 3. The highest BCUT2D eigenvalue weighted by atomic mass is 35.5. The van der Waals surface area contributed by atoms with Crippen LogP contribution in [0.3, 0.4) is 0 Å². The zero-order valence-corrected chi connectivity index (χ0v) is 11.1. The van der Waals surface area contributed by atoms with Gasteiger partial charge in [-0.3, -0.25) is 9.59 Å². The molecular formula is C13H12ClN3O2. The fourth-order valence-electron chi connectivity index (χ4n) is 2.61. The summed E-state index contributed by atoms with van der Waals surface area (Å²) in [4.78, 5) is 33.9. The van der Waals surface area contributed by atoms with Crippen LogP contribution in [0, 0.1) is 18.8 Å². The number of rotatable bonds is 1. The van der Waals surface area contributed by atoms with Crippen LogP contribution in [0.4, 0.5) is 5.95 Å². The molecular weight excluding hydrogens is 266 g/mol. The van der Waals surface area contributed by atoms with Crippen molar-refractivity contribution in [3.63, 3.8) is 0 Å².